The van der Waals surface area contributed by atoms with Crippen LogP contribution in [0, 0.1) is 6.92 Å². The molecule has 1 aromatic heterocycles. The number of nitrogens with zero attached hydrogens (tertiary/aromatic N) is 2. The molecule has 5 nitrogen and oxygen atoms in total. The highest BCUT2D eigenvalue weighted by Crippen LogP contribution is 2.23. The van der Waals surface area contributed by atoms with Crippen LogP contribution in [0.3, 0.4) is 0 Å². The summed E-state index contributed by atoms with van der Waals surface area (Å²) in [5.41, 5.74) is 2.48. The van der Waals surface area contributed by atoms with E-state index < -0.39 is 0 Å². The minimum absolute atomic E-state index is 0.246. The number of ether oxygens (including phenoxy) is 2. The maximum absolute atomic E-state index is 12.2. The molecule has 0 amide bonds. The van der Waals surface area contributed by atoms with Crippen molar-refractivity contribution in [3.8, 4) is 0 Å². The third-order valence-corrected chi connectivity index (χ3v) is 4.22. The quantitative estimate of drug-likeness (QED) is 0.790. The predicted molar refractivity (Wildman–Crippen MR) is 91.8 cm³/mol. The Balaban J connectivity index is 1.57. The van der Waals surface area contributed by atoms with E-state index in [-0.39, 0.29) is 12.6 Å². The molecule has 0 bridgehead atoms. The Morgan fingerprint density at radius 3 is 2.83 bits per heavy atom. The standard InChI is InChI=1S/C19H22N2O3/c1-15-18(14-20-21(15)17-9-12-23-13-10-17)19(22)24-11-5-8-16-6-3-2-4-7-16/h2-8,14,17H,9-13H2,1H3/b8-5+. The molecule has 0 radical (unpaired) electrons. The second kappa shape index (κ2) is 7.93. The predicted octanol–water partition coefficient (Wildman–Crippen LogP) is 3.41. The van der Waals surface area contributed by atoms with Crippen LogP contribution in [0.25, 0.3) is 6.08 Å². The van der Waals surface area contributed by atoms with Crippen LogP contribution in [0.15, 0.2) is 42.6 Å². The fourth-order valence-electron chi connectivity index (χ4n) is 2.87. The highest BCUT2D eigenvalue weighted by molar-refractivity contribution is 5.90. The lowest BCUT2D eigenvalue weighted by Crippen LogP contribution is -2.21. The molecule has 0 aliphatic carbocycles. The number of carbonyl (C=O) groups excluding carboxylic acids is 1. The van der Waals surface area contributed by atoms with E-state index in [0.717, 1.165) is 37.3 Å². The van der Waals surface area contributed by atoms with Crippen molar-refractivity contribution in [2.75, 3.05) is 19.8 Å². The van der Waals surface area contributed by atoms with E-state index in [0.29, 0.717) is 11.6 Å². The van der Waals surface area contributed by atoms with Crippen LogP contribution in [0.2, 0.25) is 0 Å². The molecule has 1 aromatic carbocycles. The van der Waals surface area contributed by atoms with Crippen molar-refractivity contribution in [2.45, 2.75) is 25.8 Å². The summed E-state index contributed by atoms with van der Waals surface area (Å²) >= 11 is 0. The topological polar surface area (TPSA) is 53.3 Å². The van der Waals surface area contributed by atoms with E-state index in [1.165, 1.54) is 0 Å². The first-order valence-corrected chi connectivity index (χ1v) is 8.26. The summed E-state index contributed by atoms with van der Waals surface area (Å²) in [6.07, 6.45) is 7.23. The number of rotatable bonds is 5. The molecule has 0 N–H and O–H groups in total. The van der Waals surface area contributed by atoms with Gasteiger partial charge in [0.15, 0.2) is 0 Å². The Hall–Kier alpha value is -2.40. The Morgan fingerprint density at radius 2 is 2.08 bits per heavy atom. The molecular weight excluding hydrogens is 304 g/mol. The van der Waals surface area contributed by atoms with Gasteiger partial charge in [0.1, 0.15) is 12.2 Å². The molecule has 1 aliphatic rings. The lowest BCUT2D eigenvalue weighted by Gasteiger charge is -2.23. The summed E-state index contributed by atoms with van der Waals surface area (Å²) in [6.45, 7) is 3.65. The van der Waals surface area contributed by atoms with Crippen LogP contribution in [0.5, 0.6) is 0 Å². The van der Waals surface area contributed by atoms with Crippen LogP contribution >= 0.6 is 0 Å². The van der Waals surface area contributed by atoms with Gasteiger partial charge < -0.3 is 9.47 Å². The molecule has 0 saturated carbocycles. The van der Waals surface area contributed by atoms with E-state index in [1.54, 1.807) is 6.20 Å². The fourth-order valence-corrected chi connectivity index (χ4v) is 2.87. The third-order valence-electron chi connectivity index (χ3n) is 4.22. The molecule has 1 saturated heterocycles. The second-order valence-corrected chi connectivity index (χ2v) is 5.84. The summed E-state index contributed by atoms with van der Waals surface area (Å²) in [4.78, 5) is 12.2. The average molecular weight is 326 g/mol. The molecule has 2 aromatic rings. The molecule has 24 heavy (non-hydrogen) atoms. The van der Waals surface area contributed by atoms with Gasteiger partial charge in [0.25, 0.3) is 0 Å². The molecular formula is C19H22N2O3. The van der Waals surface area contributed by atoms with Gasteiger partial charge in [-0.1, -0.05) is 36.4 Å². The summed E-state index contributed by atoms with van der Waals surface area (Å²) in [5, 5.41) is 4.38. The van der Waals surface area contributed by atoms with Gasteiger partial charge in [-0.2, -0.15) is 5.10 Å². The summed E-state index contributed by atoms with van der Waals surface area (Å²) in [7, 11) is 0. The molecule has 0 atom stereocenters. The molecule has 3 rings (SSSR count). The van der Waals surface area contributed by atoms with Gasteiger partial charge in [-0.3, -0.25) is 4.68 Å². The van der Waals surface area contributed by atoms with Crippen LogP contribution in [0.4, 0.5) is 0 Å². The van der Waals surface area contributed by atoms with Crippen molar-refractivity contribution in [1.82, 2.24) is 9.78 Å². The molecule has 1 aliphatic heterocycles. The van der Waals surface area contributed by atoms with Gasteiger partial charge in [0, 0.05) is 13.2 Å². The van der Waals surface area contributed by atoms with Crippen molar-refractivity contribution >= 4 is 12.0 Å². The van der Waals surface area contributed by atoms with Crippen molar-refractivity contribution in [2.24, 2.45) is 0 Å². The summed E-state index contributed by atoms with van der Waals surface area (Å²) in [6, 6.07) is 10.2. The number of hydrogen-bond donors (Lipinski definition) is 0. The maximum atomic E-state index is 12.2. The van der Waals surface area contributed by atoms with Gasteiger partial charge in [0.2, 0.25) is 0 Å². The smallest absolute Gasteiger partial charge is 0.341 e. The van der Waals surface area contributed by atoms with Crippen LogP contribution < -0.4 is 0 Å². The van der Waals surface area contributed by atoms with Crippen molar-refractivity contribution in [3.63, 3.8) is 0 Å². The van der Waals surface area contributed by atoms with E-state index in [4.69, 9.17) is 9.47 Å². The SMILES string of the molecule is Cc1c(C(=O)OC/C=C/c2ccccc2)cnn1C1CCOCC1. The highest BCUT2D eigenvalue weighted by Gasteiger charge is 2.22. The number of carbonyl (C=O) groups is 1. The summed E-state index contributed by atoms with van der Waals surface area (Å²) < 4.78 is 12.6. The van der Waals surface area contributed by atoms with E-state index in [2.05, 4.69) is 5.10 Å². The first kappa shape index (κ1) is 16.5. The van der Waals surface area contributed by atoms with Gasteiger partial charge in [-0.15, -0.1) is 0 Å². The first-order valence-electron chi connectivity index (χ1n) is 8.26. The Morgan fingerprint density at radius 1 is 1.33 bits per heavy atom. The maximum Gasteiger partial charge on any atom is 0.341 e. The first-order chi connectivity index (χ1) is 11.8. The van der Waals surface area contributed by atoms with Crippen LogP contribution in [0.1, 0.15) is 40.5 Å². The van der Waals surface area contributed by atoms with E-state index in [9.17, 15) is 4.79 Å². The molecule has 0 unspecified atom stereocenters. The summed E-state index contributed by atoms with van der Waals surface area (Å²) in [5.74, 6) is -0.330. The molecule has 5 heteroatoms. The number of hydrogen-bond acceptors (Lipinski definition) is 4. The average Bonchev–Trinajstić information content (AvgIpc) is 3.02. The Labute approximate surface area is 141 Å². The lowest BCUT2D eigenvalue weighted by molar-refractivity contribution is 0.0547. The highest BCUT2D eigenvalue weighted by atomic mass is 16.5. The van der Waals surface area contributed by atoms with Crippen molar-refractivity contribution in [1.29, 1.82) is 0 Å². The van der Waals surface area contributed by atoms with Gasteiger partial charge in [-0.05, 0) is 31.4 Å². The van der Waals surface area contributed by atoms with Gasteiger partial charge in [0.05, 0.1) is 17.9 Å². The Kier molecular flexibility index (Phi) is 5.43. The molecule has 126 valence electrons. The van der Waals surface area contributed by atoms with E-state index >= 15 is 0 Å². The minimum Gasteiger partial charge on any atom is -0.458 e. The minimum atomic E-state index is -0.330. The van der Waals surface area contributed by atoms with Gasteiger partial charge in [-0.25, -0.2) is 4.79 Å². The molecule has 1 fully saturated rings. The molecule has 2 heterocycles. The Bertz CT molecular complexity index is 701. The third kappa shape index (κ3) is 3.92. The lowest BCUT2D eigenvalue weighted by atomic mass is 10.1. The number of esters is 1. The largest absolute Gasteiger partial charge is 0.458 e. The number of aromatic nitrogens is 2. The number of benzene rings is 1. The fraction of sp³-hybridized carbons (Fsp3) is 0.368. The van der Waals surface area contributed by atoms with Crippen LogP contribution in [-0.2, 0) is 9.47 Å². The molecule has 0 spiro atoms. The van der Waals surface area contributed by atoms with E-state index in [1.807, 2.05) is 54.1 Å². The van der Waals surface area contributed by atoms with Gasteiger partial charge >= 0.3 is 5.97 Å². The second-order valence-electron chi connectivity index (χ2n) is 5.84. The van der Waals surface area contributed by atoms with Crippen LogP contribution in [-0.4, -0.2) is 35.6 Å². The monoisotopic (exact) mass is 326 g/mol. The zero-order chi connectivity index (χ0) is 16.8. The van der Waals surface area contributed by atoms with Crippen molar-refractivity contribution < 1.29 is 14.3 Å². The zero-order valence-electron chi connectivity index (χ0n) is 13.9. The zero-order valence-corrected chi connectivity index (χ0v) is 13.9. The van der Waals surface area contributed by atoms with Crippen molar-refractivity contribution in [3.05, 3.63) is 59.4 Å². The normalized spacial score (nSPS) is 15.7.